The Kier molecular flexibility index (Phi) is 3.68. The van der Waals surface area contributed by atoms with E-state index < -0.39 is 0 Å². The highest BCUT2D eigenvalue weighted by Crippen LogP contribution is 2.39. The van der Waals surface area contributed by atoms with E-state index in [0.717, 1.165) is 46.9 Å². The molecular formula is C21H20N2O3. The molecule has 0 bridgehead atoms. The van der Waals surface area contributed by atoms with Crippen LogP contribution in [0.5, 0.6) is 11.5 Å². The van der Waals surface area contributed by atoms with Gasteiger partial charge in [0.1, 0.15) is 29.3 Å². The van der Waals surface area contributed by atoms with Gasteiger partial charge in [-0.25, -0.2) is 0 Å². The third-order valence-electron chi connectivity index (χ3n) is 5.12. The minimum absolute atomic E-state index is 0.181. The number of aromatic nitrogens is 1. The van der Waals surface area contributed by atoms with Crippen LogP contribution in [0, 0.1) is 0 Å². The summed E-state index contributed by atoms with van der Waals surface area (Å²) in [6, 6.07) is 11.4. The Labute approximate surface area is 150 Å². The van der Waals surface area contributed by atoms with Gasteiger partial charge < -0.3 is 14.3 Å². The lowest BCUT2D eigenvalue weighted by Gasteiger charge is -2.15. The Bertz CT molecular complexity index is 1100. The molecule has 0 spiro atoms. The lowest BCUT2D eigenvalue weighted by Crippen LogP contribution is -2.25. The summed E-state index contributed by atoms with van der Waals surface area (Å²) in [6.45, 7) is 3.83. The highest BCUT2D eigenvalue weighted by Gasteiger charge is 2.15. The average molecular weight is 348 g/mol. The van der Waals surface area contributed by atoms with Crippen molar-refractivity contribution in [2.45, 2.75) is 12.8 Å². The second kappa shape index (κ2) is 6.18. The first-order valence-electron chi connectivity index (χ1n) is 9.07. The maximum atomic E-state index is 10.6. The zero-order valence-electron chi connectivity index (χ0n) is 14.4. The van der Waals surface area contributed by atoms with Crippen LogP contribution in [0.25, 0.3) is 32.8 Å². The predicted molar refractivity (Wildman–Crippen MR) is 102 cm³/mol. The molecule has 1 aliphatic heterocycles. The van der Waals surface area contributed by atoms with E-state index in [9.17, 15) is 5.11 Å². The number of nitrogens with zero attached hydrogens (tertiary/aromatic N) is 2. The molecule has 2 aromatic heterocycles. The second-order valence-corrected chi connectivity index (χ2v) is 6.86. The molecule has 0 atom stereocenters. The molecule has 0 radical (unpaired) electrons. The van der Waals surface area contributed by atoms with Gasteiger partial charge in [0.05, 0.1) is 10.9 Å². The van der Waals surface area contributed by atoms with Crippen molar-refractivity contribution >= 4 is 32.8 Å². The number of aromatic hydroxyl groups is 1. The van der Waals surface area contributed by atoms with Crippen LogP contribution < -0.4 is 4.74 Å². The topological polar surface area (TPSA) is 58.7 Å². The van der Waals surface area contributed by atoms with Crippen LogP contribution in [-0.2, 0) is 0 Å². The molecular weight excluding hydrogens is 328 g/mol. The van der Waals surface area contributed by atoms with E-state index >= 15 is 0 Å². The molecule has 26 heavy (non-hydrogen) atoms. The molecule has 132 valence electrons. The Morgan fingerprint density at radius 1 is 1.12 bits per heavy atom. The number of benzene rings is 2. The molecule has 0 aliphatic carbocycles. The number of rotatable bonds is 4. The fourth-order valence-corrected chi connectivity index (χ4v) is 3.81. The van der Waals surface area contributed by atoms with Gasteiger partial charge in [-0.05, 0) is 38.1 Å². The van der Waals surface area contributed by atoms with E-state index in [2.05, 4.69) is 9.88 Å². The van der Waals surface area contributed by atoms with Crippen LogP contribution in [0.2, 0.25) is 0 Å². The molecule has 4 aromatic rings. The molecule has 1 fully saturated rings. The Morgan fingerprint density at radius 2 is 2.00 bits per heavy atom. The van der Waals surface area contributed by atoms with E-state index in [1.54, 1.807) is 12.3 Å². The molecule has 1 N–H and O–H groups in total. The summed E-state index contributed by atoms with van der Waals surface area (Å²) < 4.78 is 11.8. The van der Waals surface area contributed by atoms with Crippen LogP contribution in [-0.4, -0.2) is 41.2 Å². The molecule has 1 aliphatic rings. The van der Waals surface area contributed by atoms with Crippen molar-refractivity contribution in [3.05, 3.63) is 42.6 Å². The number of hydrogen-bond donors (Lipinski definition) is 1. The SMILES string of the molecule is Oc1cc(OCCN2CCCC2)cc2oc3cc4ncccc4cc3c12. The first kappa shape index (κ1) is 15.5. The first-order chi connectivity index (χ1) is 12.8. The fraction of sp³-hybridized carbons (Fsp3) is 0.286. The number of phenols is 1. The second-order valence-electron chi connectivity index (χ2n) is 6.86. The highest BCUT2D eigenvalue weighted by atomic mass is 16.5. The highest BCUT2D eigenvalue weighted by molar-refractivity contribution is 6.12. The minimum Gasteiger partial charge on any atom is -0.507 e. The summed E-state index contributed by atoms with van der Waals surface area (Å²) >= 11 is 0. The van der Waals surface area contributed by atoms with Crippen LogP contribution >= 0.6 is 0 Å². The average Bonchev–Trinajstić information content (AvgIpc) is 3.27. The molecule has 0 unspecified atom stereocenters. The van der Waals surface area contributed by atoms with Crippen molar-refractivity contribution in [2.75, 3.05) is 26.2 Å². The van der Waals surface area contributed by atoms with E-state index in [0.29, 0.717) is 17.9 Å². The van der Waals surface area contributed by atoms with Crippen molar-refractivity contribution in [3.63, 3.8) is 0 Å². The zero-order valence-corrected chi connectivity index (χ0v) is 14.4. The predicted octanol–water partition coefficient (Wildman–Crippen LogP) is 4.31. The van der Waals surface area contributed by atoms with Crippen molar-refractivity contribution in [1.82, 2.24) is 9.88 Å². The molecule has 0 saturated carbocycles. The molecule has 2 aromatic carbocycles. The van der Waals surface area contributed by atoms with Gasteiger partial charge in [0.15, 0.2) is 0 Å². The first-order valence-corrected chi connectivity index (χ1v) is 9.07. The Balaban J connectivity index is 1.50. The van der Waals surface area contributed by atoms with Gasteiger partial charge in [-0.1, -0.05) is 6.07 Å². The summed E-state index contributed by atoms with van der Waals surface area (Å²) in [6.07, 6.45) is 4.31. The molecule has 3 heterocycles. The quantitative estimate of drug-likeness (QED) is 0.595. The number of ether oxygens (including phenoxy) is 1. The van der Waals surface area contributed by atoms with Gasteiger partial charge >= 0.3 is 0 Å². The van der Waals surface area contributed by atoms with Gasteiger partial charge in [-0.2, -0.15) is 0 Å². The molecule has 1 saturated heterocycles. The van der Waals surface area contributed by atoms with Crippen LogP contribution in [0.1, 0.15) is 12.8 Å². The van der Waals surface area contributed by atoms with Crippen LogP contribution in [0.4, 0.5) is 0 Å². The summed E-state index contributed by atoms with van der Waals surface area (Å²) in [4.78, 5) is 6.77. The van der Waals surface area contributed by atoms with Crippen LogP contribution in [0.3, 0.4) is 0 Å². The summed E-state index contributed by atoms with van der Waals surface area (Å²) in [7, 11) is 0. The Hall–Kier alpha value is -2.79. The minimum atomic E-state index is 0.181. The van der Waals surface area contributed by atoms with E-state index in [-0.39, 0.29) is 5.75 Å². The lowest BCUT2D eigenvalue weighted by molar-refractivity contribution is 0.237. The maximum absolute atomic E-state index is 10.6. The molecule has 5 heteroatoms. The van der Waals surface area contributed by atoms with Gasteiger partial charge in [-0.3, -0.25) is 9.88 Å². The number of pyridine rings is 1. The van der Waals surface area contributed by atoms with Crippen molar-refractivity contribution < 1.29 is 14.3 Å². The standard InChI is InChI=1S/C21H20N2O3/c24-18-11-15(25-9-8-23-6-1-2-7-23)12-20-21(18)16-10-14-4-3-5-22-17(14)13-19(16)26-20/h3-5,10-13,24H,1-2,6-9H2. The normalized spacial score (nSPS) is 15.4. The summed E-state index contributed by atoms with van der Waals surface area (Å²) in [5.41, 5.74) is 2.22. The largest absolute Gasteiger partial charge is 0.507 e. The van der Waals surface area contributed by atoms with Gasteiger partial charge in [0.25, 0.3) is 0 Å². The van der Waals surface area contributed by atoms with Crippen molar-refractivity contribution in [3.8, 4) is 11.5 Å². The zero-order chi connectivity index (χ0) is 17.5. The van der Waals surface area contributed by atoms with Gasteiger partial charge in [0, 0.05) is 41.7 Å². The number of hydrogen-bond acceptors (Lipinski definition) is 5. The number of furan rings is 1. The fourth-order valence-electron chi connectivity index (χ4n) is 3.81. The molecule has 0 amide bonds. The third-order valence-corrected chi connectivity index (χ3v) is 5.12. The molecule has 5 rings (SSSR count). The third kappa shape index (κ3) is 2.65. The smallest absolute Gasteiger partial charge is 0.142 e. The number of phenolic OH excluding ortho intramolecular Hbond substituents is 1. The number of likely N-dealkylation sites (tertiary alicyclic amines) is 1. The number of fused-ring (bicyclic) bond motifs is 4. The van der Waals surface area contributed by atoms with Gasteiger partial charge in [-0.15, -0.1) is 0 Å². The van der Waals surface area contributed by atoms with E-state index in [1.165, 1.54) is 12.8 Å². The van der Waals surface area contributed by atoms with E-state index in [4.69, 9.17) is 9.15 Å². The molecule has 5 nitrogen and oxygen atoms in total. The van der Waals surface area contributed by atoms with Gasteiger partial charge in [0.2, 0.25) is 0 Å². The Morgan fingerprint density at radius 3 is 2.88 bits per heavy atom. The maximum Gasteiger partial charge on any atom is 0.142 e. The lowest BCUT2D eigenvalue weighted by atomic mass is 10.1. The van der Waals surface area contributed by atoms with Crippen molar-refractivity contribution in [1.29, 1.82) is 0 Å². The monoisotopic (exact) mass is 348 g/mol. The summed E-state index contributed by atoms with van der Waals surface area (Å²) in [5, 5.41) is 13.2. The van der Waals surface area contributed by atoms with Crippen LogP contribution in [0.15, 0.2) is 47.0 Å². The summed E-state index contributed by atoms with van der Waals surface area (Å²) in [5.74, 6) is 0.816. The van der Waals surface area contributed by atoms with E-state index in [1.807, 2.05) is 30.3 Å². The van der Waals surface area contributed by atoms with Crippen molar-refractivity contribution in [2.24, 2.45) is 0 Å².